The van der Waals surface area contributed by atoms with Crippen LogP contribution in [0.3, 0.4) is 0 Å². The fourth-order valence-electron chi connectivity index (χ4n) is 1.76. The van der Waals surface area contributed by atoms with E-state index in [1.54, 1.807) is 7.11 Å². The molecule has 1 atom stereocenters. The molecule has 1 amide bonds. The van der Waals surface area contributed by atoms with Gasteiger partial charge in [-0.1, -0.05) is 15.9 Å². The van der Waals surface area contributed by atoms with Crippen molar-refractivity contribution in [3.05, 3.63) is 28.2 Å². The van der Waals surface area contributed by atoms with E-state index < -0.39 is 11.7 Å². The van der Waals surface area contributed by atoms with Gasteiger partial charge in [-0.3, -0.25) is 0 Å². The predicted octanol–water partition coefficient (Wildman–Crippen LogP) is 2.41. The molecule has 0 aromatic heterocycles. The Morgan fingerprint density at radius 3 is 2.88 bits per heavy atom. The molecule has 1 aliphatic rings. The van der Waals surface area contributed by atoms with Gasteiger partial charge in [0.2, 0.25) is 0 Å². The Labute approximate surface area is 102 Å². The summed E-state index contributed by atoms with van der Waals surface area (Å²) in [4.78, 5) is 11.1. The van der Waals surface area contributed by atoms with Crippen LogP contribution in [-0.4, -0.2) is 19.7 Å². The number of carbonyl (C=O) groups is 1. The summed E-state index contributed by atoms with van der Waals surface area (Å²) in [5.74, 6) is 0.710. The van der Waals surface area contributed by atoms with Crippen LogP contribution in [0.15, 0.2) is 22.7 Å². The van der Waals surface area contributed by atoms with Gasteiger partial charge in [-0.05, 0) is 25.1 Å². The first-order valence-electron chi connectivity index (χ1n) is 4.86. The van der Waals surface area contributed by atoms with Crippen molar-refractivity contribution in [2.45, 2.75) is 12.5 Å². The van der Waals surface area contributed by atoms with Crippen molar-refractivity contribution in [2.75, 3.05) is 13.7 Å². The number of hydrogen-bond acceptors (Lipinski definition) is 3. The zero-order valence-electron chi connectivity index (χ0n) is 9.04. The summed E-state index contributed by atoms with van der Waals surface area (Å²) < 4.78 is 11.5. The van der Waals surface area contributed by atoms with Gasteiger partial charge in [0.25, 0.3) is 0 Å². The molecule has 2 rings (SSSR count). The minimum Gasteiger partial charge on any atom is -0.496 e. The summed E-state index contributed by atoms with van der Waals surface area (Å²) >= 11 is 3.40. The van der Waals surface area contributed by atoms with Crippen LogP contribution in [-0.2, 0) is 10.3 Å². The van der Waals surface area contributed by atoms with Crippen LogP contribution in [0.1, 0.15) is 12.5 Å². The van der Waals surface area contributed by atoms with Crippen LogP contribution in [0.25, 0.3) is 0 Å². The van der Waals surface area contributed by atoms with Gasteiger partial charge in [0.1, 0.15) is 5.75 Å². The number of cyclic esters (lactones) is 1. The number of hydrogen-bond donors (Lipinski definition) is 1. The number of benzene rings is 1. The molecule has 16 heavy (non-hydrogen) atoms. The molecule has 4 nitrogen and oxygen atoms in total. The summed E-state index contributed by atoms with van der Waals surface area (Å²) in [6.45, 7) is 2.30. The minimum atomic E-state index is -0.674. The SMILES string of the molecule is COc1ccc(Br)cc1C1(C)CNC(=O)O1. The lowest BCUT2D eigenvalue weighted by molar-refractivity contribution is 0.0683. The monoisotopic (exact) mass is 285 g/mol. The maximum absolute atomic E-state index is 11.1. The summed E-state index contributed by atoms with van der Waals surface area (Å²) in [6, 6.07) is 5.63. The van der Waals surface area contributed by atoms with E-state index in [1.165, 1.54) is 0 Å². The largest absolute Gasteiger partial charge is 0.496 e. The van der Waals surface area contributed by atoms with Crippen molar-refractivity contribution in [3.63, 3.8) is 0 Å². The van der Waals surface area contributed by atoms with E-state index in [0.717, 1.165) is 10.0 Å². The van der Waals surface area contributed by atoms with E-state index in [-0.39, 0.29) is 0 Å². The molecule has 1 aromatic carbocycles. The summed E-state index contributed by atoms with van der Waals surface area (Å²) in [5.41, 5.74) is 0.175. The number of amides is 1. The van der Waals surface area contributed by atoms with Crippen LogP contribution in [0, 0.1) is 0 Å². The van der Waals surface area contributed by atoms with Crippen molar-refractivity contribution in [2.24, 2.45) is 0 Å². The summed E-state index contributed by atoms with van der Waals surface area (Å²) in [6.07, 6.45) is -0.399. The molecule has 1 aliphatic heterocycles. The first-order chi connectivity index (χ1) is 7.55. The molecule has 0 bridgehead atoms. The summed E-state index contributed by atoms with van der Waals surface area (Å²) in [7, 11) is 1.60. The van der Waals surface area contributed by atoms with Crippen LogP contribution >= 0.6 is 15.9 Å². The second kappa shape index (κ2) is 3.97. The Morgan fingerprint density at radius 2 is 2.31 bits per heavy atom. The number of ether oxygens (including phenoxy) is 2. The lowest BCUT2D eigenvalue weighted by atomic mass is 9.95. The zero-order valence-corrected chi connectivity index (χ0v) is 10.6. The number of halogens is 1. The van der Waals surface area contributed by atoms with Crippen molar-refractivity contribution in [3.8, 4) is 5.75 Å². The van der Waals surface area contributed by atoms with E-state index in [2.05, 4.69) is 21.2 Å². The van der Waals surface area contributed by atoms with Crippen LogP contribution in [0.2, 0.25) is 0 Å². The van der Waals surface area contributed by atoms with Crippen molar-refractivity contribution in [1.29, 1.82) is 0 Å². The quantitative estimate of drug-likeness (QED) is 0.908. The molecule has 1 unspecified atom stereocenters. The lowest BCUT2D eigenvalue weighted by Crippen LogP contribution is -2.26. The molecule has 86 valence electrons. The number of rotatable bonds is 2. The van der Waals surface area contributed by atoms with E-state index in [9.17, 15) is 4.79 Å². The van der Waals surface area contributed by atoms with Crippen molar-refractivity contribution in [1.82, 2.24) is 5.32 Å². The Bertz CT molecular complexity index is 435. The second-order valence-corrected chi connectivity index (χ2v) is 4.73. The second-order valence-electron chi connectivity index (χ2n) is 3.82. The maximum Gasteiger partial charge on any atom is 0.408 e. The van der Waals surface area contributed by atoms with Crippen LogP contribution in [0.5, 0.6) is 5.75 Å². The topological polar surface area (TPSA) is 47.6 Å². The highest BCUT2D eigenvalue weighted by atomic mass is 79.9. The number of methoxy groups -OCH3 is 1. The van der Waals surface area contributed by atoms with E-state index >= 15 is 0 Å². The molecular weight excluding hydrogens is 274 g/mol. The van der Waals surface area contributed by atoms with Gasteiger partial charge in [0.15, 0.2) is 5.60 Å². The van der Waals surface area contributed by atoms with E-state index in [1.807, 2.05) is 25.1 Å². The Balaban J connectivity index is 2.46. The molecule has 0 saturated carbocycles. The van der Waals surface area contributed by atoms with Gasteiger partial charge in [-0.15, -0.1) is 0 Å². The first-order valence-corrected chi connectivity index (χ1v) is 5.65. The third-order valence-corrected chi connectivity index (χ3v) is 3.11. The molecule has 1 heterocycles. The highest BCUT2D eigenvalue weighted by molar-refractivity contribution is 9.10. The zero-order chi connectivity index (χ0) is 11.8. The third-order valence-electron chi connectivity index (χ3n) is 2.62. The molecule has 1 aromatic rings. The Kier molecular flexibility index (Phi) is 2.80. The van der Waals surface area contributed by atoms with Crippen LogP contribution in [0.4, 0.5) is 4.79 Å². The van der Waals surface area contributed by atoms with Crippen molar-refractivity contribution < 1.29 is 14.3 Å². The minimum absolute atomic E-state index is 0.399. The Hall–Kier alpha value is -1.23. The van der Waals surface area contributed by atoms with Gasteiger partial charge >= 0.3 is 6.09 Å². The van der Waals surface area contributed by atoms with Gasteiger partial charge in [-0.2, -0.15) is 0 Å². The number of nitrogens with one attached hydrogen (secondary N) is 1. The molecule has 1 fully saturated rings. The van der Waals surface area contributed by atoms with Crippen LogP contribution < -0.4 is 10.1 Å². The molecule has 0 spiro atoms. The molecule has 5 heteroatoms. The van der Waals surface area contributed by atoms with Gasteiger partial charge in [0, 0.05) is 10.0 Å². The molecule has 1 saturated heterocycles. The van der Waals surface area contributed by atoms with Crippen molar-refractivity contribution >= 4 is 22.0 Å². The normalized spacial score (nSPS) is 23.8. The lowest BCUT2D eigenvalue weighted by Gasteiger charge is -2.23. The smallest absolute Gasteiger partial charge is 0.408 e. The summed E-state index contributed by atoms with van der Waals surface area (Å²) in [5, 5.41) is 2.65. The third kappa shape index (κ3) is 1.87. The van der Waals surface area contributed by atoms with Gasteiger partial charge in [0.05, 0.1) is 13.7 Å². The van der Waals surface area contributed by atoms with E-state index in [0.29, 0.717) is 12.3 Å². The van der Waals surface area contributed by atoms with E-state index in [4.69, 9.17) is 9.47 Å². The molecule has 0 radical (unpaired) electrons. The van der Waals surface area contributed by atoms with Gasteiger partial charge < -0.3 is 14.8 Å². The fraction of sp³-hybridized carbons (Fsp3) is 0.364. The molecule has 1 N–H and O–H groups in total. The maximum atomic E-state index is 11.1. The van der Waals surface area contributed by atoms with Gasteiger partial charge in [-0.25, -0.2) is 4.79 Å². The molecular formula is C11H12BrNO3. The number of carbonyl (C=O) groups excluding carboxylic acids is 1. The standard InChI is InChI=1S/C11H12BrNO3/c1-11(6-13-10(14)16-11)8-5-7(12)3-4-9(8)15-2/h3-5H,6H2,1-2H3,(H,13,14). The number of alkyl carbamates (subject to hydrolysis) is 1. The predicted molar refractivity (Wildman–Crippen MR) is 62.5 cm³/mol. The first kappa shape index (κ1) is 11.3. The Morgan fingerprint density at radius 1 is 1.56 bits per heavy atom. The molecule has 0 aliphatic carbocycles. The average molecular weight is 286 g/mol. The average Bonchev–Trinajstić information content (AvgIpc) is 2.60. The fourth-order valence-corrected chi connectivity index (χ4v) is 2.12. The highest BCUT2D eigenvalue weighted by Gasteiger charge is 2.39. The highest BCUT2D eigenvalue weighted by Crippen LogP contribution is 2.36.